The summed E-state index contributed by atoms with van der Waals surface area (Å²) in [5.74, 6) is -0.286. The van der Waals surface area contributed by atoms with E-state index in [0.717, 1.165) is 29.7 Å². The quantitative estimate of drug-likeness (QED) is 0.245. The molecule has 30 heavy (non-hydrogen) atoms. The number of benzene rings is 3. The normalized spacial score (nSPS) is 11.3. The number of anilines is 1. The average Bonchev–Trinajstić information content (AvgIpc) is 3.13. The van der Waals surface area contributed by atoms with Gasteiger partial charge in [0.2, 0.25) is 5.91 Å². The summed E-state index contributed by atoms with van der Waals surface area (Å²) in [5, 5.41) is 4.79. The van der Waals surface area contributed by atoms with Gasteiger partial charge in [-0.3, -0.25) is 4.79 Å². The van der Waals surface area contributed by atoms with Gasteiger partial charge in [0.1, 0.15) is 5.01 Å². The first-order valence-electron chi connectivity index (χ1n) is 8.70. The van der Waals surface area contributed by atoms with Crippen LogP contribution in [0.15, 0.2) is 69.6 Å². The number of amides is 1. The highest BCUT2D eigenvalue weighted by molar-refractivity contribution is 9.11. The Kier molecular flexibility index (Phi) is 6.60. The summed E-state index contributed by atoms with van der Waals surface area (Å²) in [4.78, 5) is 17.4. The van der Waals surface area contributed by atoms with E-state index in [9.17, 15) is 4.79 Å². The highest BCUT2D eigenvalue weighted by Gasteiger charge is 2.16. The Morgan fingerprint density at radius 1 is 1.07 bits per heavy atom. The van der Waals surface area contributed by atoms with Crippen molar-refractivity contribution in [1.29, 1.82) is 0 Å². The molecule has 0 radical (unpaired) electrons. The van der Waals surface area contributed by atoms with Crippen LogP contribution in [0.1, 0.15) is 5.56 Å². The van der Waals surface area contributed by atoms with Crippen molar-refractivity contribution in [2.45, 2.75) is 0 Å². The standard InChI is InChI=1S/C22H12Br2Cl2N2OS/c23-13-9-15(22-27-18-3-1-2-4-19(18)30-22)21(16(24)10-13)28-20(29)8-6-12-5-7-14(25)11-17(12)26/h1-11H,(H,28,29)/b8-6+. The maximum Gasteiger partial charge on any atom is 0.248 e. The van der Waals surface area contributed by atoms with Gasteiger partial charge in [0, 0.05) is 30.6 Å². The lowest BCUT2D eigenvalue weighted by Crippen LogP contribution is -2.09. The molecule has 0 aliphatic carbocycles. The Morgan fingerprint density at radius 3 is 2.63 bits per heavy atom. The Morgan fingerprint density at radius 2 is 1.87 bits per heavy atom. The number of halogens is 4. The molecule has 0 atom stereocenters. The van der Waals surface area contributed by atoms with Crippen molar-refractivity contribution in [1.82, 2.24) is 4.98 Å². The minimum Gasteiger partial charge on any atom is -0.321 e. The van der Waals surface area contributed by atoms with Gasteiger partial charge in [0.05, 0.1) is 15.9 Å². The van der Waals surface area contributed by atoms with E-state index in [2.05, 4.69) is 37.2 Å². The zero-order valence-corrected chi connectivity index (χ0v) is 20.6. The fraction of sp³-hybridized carbons (Fsp3) is 0. The molecule has 3 aromatic carbocycles. The smallest absolute Gasteiger partial charge is 0.248 e. The summed E-state index contributed by atoms with van der Waals surface area (Å²) < 4.78 is 2.71. The number of carbonyl (C=O) groups excluding carboxylic acids is 1. The summed E-state index contributed by atoms with van der Waals surface area (Å²) in [5.41, 5.74) is 3.10. The Bertz CT molecular complexity index is 1270. The van der Waals surface area contributed by atoms with Crippen molar-refractivity contribution in [2.75, 3.05) is 5.32 Å². The van der Waals surface area contributed by atoms with Crippen LogP contribution < -0.4 is 5.32 Å². The number of thiazole rings is 1. The molecular formula is C22H12Br2Cl2N2OS. The van der Waals surface area contributed by atoms with E-state index in [1.807, 2.05) is 36.4 Å². The van der Waals surface area contributed by atoms with Crippen molar-refractivity contribution < 1.29 is 4.79 Å². The van der Waals surface area contributed by atoms with Crippen LogP contribution >= 0.6 is 66.4 Å². The molecule has 1 N–H and O–H groups in total. The monoisotopic (exact) mass is 580 g/mol. The number of nitrogens with zero attached hydrogens (tertiary/aromatic N) is 1. The summed E-state index contributed by atoms with van der Waals surface area (Å²) in [6, 6.07) is 16.9. The second-order valence-electron chi connectivity index (χ2n) is 6.29. The molecule has 0 unspecified atom stereocenters. The minimum absolute atomic E-state index is 0.286. The minimum atomic E-state index is -0.286. The predicted octanol–water partition coefficient (Wildman–Crippen LogP) is 8.45. The van der Waals surface area contributed by atoms with Crippen LogP contribution in [0, 0.1) is 0 Å². The average molecular weight is 583 g/mol. The van der Waals surface area contributed by atoms with E-state index in [0.29, 0.717) is 21.3 Å². The highest BCUT2D eigenvalue weighted by atomic mass is 79.9. The molecule has 4 rings (SSSR count). The largest absolute Gasteiger partial charge is 0.321 e. The van der Waals surface area contributed by atoms with Gasteiger partial charge < -0.3 is 5.32 Å². The van der Waals surface area contributed by atoms with Gasteiger partial charge in [-0.25, -0.2) is 4.98 Å². The van der Waals surface area contributed by atoms with Crippen molar-refractivity contribution in [3.8, 4) is 10.6 Å². The summed E-state index contributed by atoms with van der Waals surface area (Å²) in [6.45, 7) is 0. The van der Waals surface area contributed by atoms with E-state index in [1.165, 1.54) is 6.08 Å². The molecule has 1 amide bonds. The first-order chi connectivity index (χ1) is 14.4. The van der Waals surface area contributed by atoms with E-state index in [-0.39, 0.29) is 5.91 Å². The van der Waals surface area contributed by atoms with Crippen LogP contribution in [0.4, 0.5) is 5.69 Å². The Balaban J connectivity index is 1.67. The molecule has 1 heterocycles. The van der Waals surface area contributed by atoms with Crippen LogP contribution in [0.25, 0.3) is 26.9 Å². The third kappa shape index (κ3) is 4.79. The summed E-state index contributed by atoms with van der Waals surface area (Å²) in [6.07, 6.45) is 3.09. The van der Waals surface area contributed by atoms with Crippen molar-refractivity contribution in [3.63, 3.8) is 0 Å². The Hall–Kier alpha value is -1.70. The van der Waals surface area contributed by atoms with Gasteiger partial charge in [-0.2, -0.15) is 0 Å². The molecule has 0 aliphatic heterocycles. The molecule has 0 saturated carbocycles. The van der Waals surface area contributed by atoms with E-state index >= 15 is 0 Å². The van der Waals surface area contributed by atoms with Gasteiger partial charge in [-0.1, -0.05) is 57.3 Å². The van der Waals surface area contributed by atoms with Crippen LogP contribution in [-0.2, 0) is 4.79 Å². The van der Waals surface area contributed by atoms with Crippen molar-refractivity contribution >= 4 is 94.3 Å². The second-order valence-corrected chi connectivity index (χ2v) is 9.93. The van der Waals surface area contributed by atoms with Gasteiger partial charge in [0.15, 0.2) is 0 Å². The number of hydrogen-bond donors (Lipinski definition) is 1. The lowest BCUT2D eigenvalue weighted by atomic mass is 10.1. The van der Waals surface area contributed by atoms with E-state index in [4.69, 9.17) is 28.2 Å². The van der Waals surface area contributed by atoms with Crippen LogP contribution in [0.5, 0.6) is 0 Å². The zero-order chi connectivity index (χ0) is 21.3. The maximum absolute atomic E-state index is 12.6. The molecule has 0 spiro atoms. The topological polar surface area (TPSA) is 42.0 Å². The third-order valence-electron chi connectivity index (χ3n) is 4.20. The highest BCUT2D eigenvalue weighted by Crippen LogP contribution is 2.40. The molecule has 0 bridgehead atoms. The Labute approximate surface area is 204 Å². The molecule has 0 saturated heterocycles. The van der Waals surface area contributed by atoms with Crippen LogP contribution in [0.3, 0.4) is 0 Å². The van der Waals surface area contributed by atoms with E-state index in [1.54, 1.807) is 35.6 Å². The van der Waals surface area contributed by atoms with Gasteiger partial charge in [0.25, 0.3) is 0 Å². The fourth-order valence-corrected chi connectivity index (χ4v) is 5.61. The SMILES string of the molecule is O=C(/C=C/c1ccc(Cl)cc1Cl)Nc1c(Br)cc(Br)cc1-c1nc2ccccc2s1. The second kappa shape index (κ2) is 9.20. The molecule has 4 aromatic rings. The van der Waals surface area contributed by atoms with Crippen LogP contribution in [-0.4, -0.2) is 10.9 Å². The number of nitrogens with one attached hydrogen (secondary N) is 1. The fourth-order valence-electron chi connectivity index (χ4n) is 2.82. The third-order valence-corrected chi connectivity index (χ3v) is 6.92. The lowest BCUT2D eigenvalue weighted by Gasteiger charge is -2.11. The maximum atomic E-state index is 12.6. The molecule has 1 aromatic heterocycles. The molecule has 150 valence electrons. The number of para-hydroxylation sites is 1. The molecular weight excluding hydrogens is 571 g/mol. The summed E-state index contributed by atoms with van der Waals surface area (Å²) in [7, 11) is 0. The predicted molar refractivity (Wildman–Crippen MR) is 135 cm³/mol. The molecule has 8 heteroatoms. The number of aromatic nitrogens is 1. The van der Waals surface area contributed by atoms with Crippen LogP contribution in [0.2, 0.25) is 10.0 Å². The molecule has 3 nitrogen and oxygen atoms in total. The number of rotatable bonds is 4. The lowest BCUT2D eigenvalue weighted by molar-refractivity contribution is -0.111. The number of hydrogen-bond acceptors (Lipinski definition) is 3. The molecule has 0 fully saturated rings. The summed E-state index contributed by atoms with van der Waals surface area (Å²) >= 11 is 20.7. The first-order valence-corrected chi connectivity index (χ1v) is 11.9. The molecule has 0 aliphatic rings. The van der Waals surface area contributed by atoms with Gasteiger partial charge in [-0.05, 0) is 64.0 Å². The van der Waals surface area contributed by atoms with Crippen molar-refractivity contribution in [3.05, 3.63) is 85.2 Å². The zero-order valence-electron chi connectivity index (χ0n) is 15.1. The van der Waals surface area contributed by atoms with Gasteiger partial charge >= 0.3 is 0 Å². The van der Waals surface area contributed by atoms with Crippen molar-refractivity contribution in [2.24, 2.45) is 0 Å². The van der Waals surface area contributed by atoms with Gasteiger partial charge in [-0.15, -0.1) is 11.3 Å². The first kappa shape index (κ1) is 21.5. The number of fused-ring (bicyclic) bond motifs is 1. The number of carbonyl (C=O) groups is 1. The van der Waals surface area contributed by atoms with E-state index < -0.39 is 0 Å².